The lowest BCUT2D eigenvalue weighted by Gasteiger charge is -2.15. The van der Waals surface area contributed by atoms with Crippen LogP contribution in [0.5, 0.6) is 0 Å². The number of halogens is 3. The van der Waals surface area contributed by atoms with Crippen LogP contribution in [0.3, 0.4) is 0 Å². The summed E-state index contributed by atoms with van der Waals surface area (Å²) in [5.41, 5.74) is 1.78. The van der Waals surface area contributed by atoms with Crippen molar-refractivity contribution >= 4 is 5.97 Å². The van der Waals surface area contributed by atoms with E-state index in [1.807, 2.05) is 24.3 Å². The van der Waals surface area contributed by atoms with Crippen molar-refractivity contribution in [3.8, 4) is 34.0 Å². The standard InChI is InChI=1S/C28H24F3N3O3/c29-28(30,31)24-16-21(10-11-23(24)19-4-2-1-3-5-19)27-33-32-26(37-27)20-8-6-18(7-9-20)22-12-14-34(17-22)15-13-25(35)36/h1-11,16,22H,12-15,17H2,(H,35,36). The van der Waals surface area contributed by atoms with Crippen LogP contribution in [0.2, 0.25) is 0 Å². The summed E-state index contributed by atoms with van der Waals surface area (Å²) in [5.74, 6) is -0.260. The lowest BCUT2D eigenvalue weighted by molar-refractivity contribution is -0.138. The fraction of sp³-hybridized carbons (Fsp3) is 0.250. The minimum absolute atomic E-state index is 0.00838. The molecule has 0 spiro atoms. The molecule has 4 aromatic rings. The van der Waals surface area contributed by atoms with E-state index in [2.05, 4.69) is 15.1 Å². The molecule has 1 aromatic heterocycles. The van der Waals surface area contributed by atoms with E-state index in [1.165, 1.54) is 6.07 Å². The van der Waals surface area contributed by atoms with E-state index in [0.29, 0.717) is 23.6 Å². The van der Waals surface area contributed by atoms with Gasteiger partial charge in [0.05, 0.1) is 12.0 Å². The molecule has 9 heteroatoms. The van der Waals surface area contributed by atoms with Crippen LogP contribution >= 0.6 is 0 Å². The van der Waals surface area contributed by atoms with Crippen LogP contribution in [0.15, 0.2) is 77.2 Å². The van der Waals surface area contributed by atoms with Gasteiger partial charge in [-0.3, -0.25) is 4.79 Å². The van der Waals surface area contributed by atoms with Crippen molar-refractivity contribution in [2.75, 3.05) is 19.6 Å². The SMILES string of the molecule is O=C(O)CCN1CCC(c2ccc(-c3nnc(-c4ccc(-c5ccccc5)c(C(F)(F)F)c4)o3)cc2)C1. The molecular weight excluding hydrogens is 483 g/mol. The molecule has 0 radical (unpaired) electrons. The zero-order chi connectivity index (χ0) is 26.0. The third kappa shape index (κ3) is 5.56. The average Bonchev–Trinajstić information content (AvgIpc) is 3.58. The minimum atomic E-state index is -4.55. The minimum Gasteiger partial charge on any atom is -0.481 e. The van der Waals surface area contributed by atoms with Gasteiger partial charge in [-0.15, -0.1) is 10.2 Å². The van der Waals surface area contributed by atoms with Crippen LogP contribution < -0.4 is 0 Å². The van der Waals surface area contributed by atoms with Gasteiger partial charge in [0.15, 0.2) is 0 Å². The molecule has 0 amide bonds. The predicted molar refractivity (Wildman–Crippen MR) is 132 cm³/mol. The first kappa shape index (κ1) is 24.7. The molecule has 1 atom stereocenters. The number of carbonyl (C=O) groups is 1. The van der Waals surface area contributed by atoms with Crippen LogP contribution in [-0.2, 0) is 11.0 Å². The molecule has 1 N–H and O–H groups in total. The highest BCUT2D eigenvalue weighted by Crippen LogP contribution is 2.39. The Balaban J connectivity index is 1.34. The molecule has 1 aliphatic heterocycles. The largest absolute Gasteiger partial charge is 0.481 e. The first-order valence-electron chi connectivity index (χ1n) is 11.9. The second-order valence-corrected chi connectivity index (χ2v) is 9.09. The highest BCUT2D eigenvalue weighted by atomic mass is 19.4. The van der Waals surface area contributed by atoms with E-state index >= 15 is 0 Å². The van der Waals surface area contributed by atoms with Crippen molar-refractivity contribution in [1.29, 1.82) is 0 Å². The van der Waals surface area contributed by atoms with E-state index in [4.69, 9.17) is 9.52 Å². The van der Waals surface area contributed by atoms with E-state index in [-0.39, 0.29) is 29.3 Å². The first-order valence-corrected chi connectivity index (χ1v) is 11.9. The second kappa shape index (κ2) is 10.2. The van der Waals surface area contributed by atoms with E-state index in [1.54, 1.807) is 36.4 Å². The predicted octanol–water partition coefficient (Wildman–Crippen LogP) is 6.35. The Morgan fingerprint density at radius 3 is 2.30 bits per heavy atom. The summed E-state index contributed by atoms with van der Waals surface area (Å²) in [6.45, 7) is 2.20. The molecular formula is C28H24F3N3O3. The number of nitrogens with zero attached hydrogens (tertiary/aromatic N) is 3. The Bertz CT molecular complexity index is 1390. The van der Waals surface area contributed by atoms with Gasteiger partial charge >= 0.3 is 12.1 Å². The van der Waals surface area contributed by atoms with Crippen molar-refractivity contribution < 1.29 is 27.5 Å². The van der Waals surface area contributed by atoms with Crippen molar-refractivity contribution in [2.45, 2.75) is 24.9 Å². The molecule has 1 unspecified atom stereocenters. The van der Waals surface area contributed by atoms with Gasteiger partial charge in [0.25, 0.3) is 0 Å². The van der Waals surface area contributed by atoms with Crippen molar-refractivity contribution in [3.63, 3.8) is 0 Å². The van der Waals surface area contributed by atoms with Crippen molar-refractivity contribution in [2.24, 2.45) is 0 Å². The van der Waals surface area contributed by atoms with Gasteiger partial charge in [0, 0.05) is 24.2 Å². The number of aromatic nitrogens is 2. The number of carboxylic acids is 1. The lowest BCUT2D eigenvalue weighted by Crippen LogP contribution is -2.23. The summed E-state index contributed by atoms with van der Waals surface area (Å²) in [7, 11) is 0. The van der Waals surface area contributed by atoms with Gasteiger partial charge < -0.3 is 14.4 Å². The van der Waals surface area contributed by atoms with E-state index in [0.717, 1.165) is 31.1 Å². The van der Waals surface area contributed by atoms with Gasteiger partial charge in [-0.2, -0.15) is 13.2 Å². The molecule has 3 aromatic carbocycles. The Hall–Kier alpha value is -3.98. The fourth-order valence-electron chi connectivity index (χ4n) is 4.70. The molecule has 190 valence electrons. The van der Waals surface area contributed by atoms with Gasteiger partial charge in [0.2, 0.25) is 11.8 Å². The molecule has 2 heterocycles. The van der Waals surface area contributed by atoms with E-state index < -0.39 is 17.7 Å². The van der Waals surface area contributed by atoms with Gasteiger partial charge in [-0.05, 0) is 59.8 Å². The Morgan fingerprint density at radius 2 is 1.62 bits per heavy atom. The number of carboxylic acid groups (broad SMARTS) is 1. The molecule has 0 bridgehead atoms. The van der Waals surface area contributed by atoms with E-state index in [9.17, 15) is 18.0 Å². The fourth-order valence-corrected chi connectivity index (χ4v) is 4.70. The van der Waals surface area contributed by atoms with Gasteiger partial charge in [-0.1, -0.05) is 48.5 Å². The normalized spacial score (nSPS) is 16.2. The van der Waals surface area contributed by atoms with Crippen LogP contribution in [0.25, 0.3) is 34.0 Å². The quantitative estimate of drug-likeness (QED) is 0.314. The third-order valence-corrected chi connectivity index (χ3v) is 6.63. The van der Waals surface area contributed by atoms with Crippen molar-refractivity contribution in [3.05, 3.63) is 83.9 Å². The molecule has 37 heavy (non-hydrogen) atoms. The zero-order valence-electron chi connectivity index (χ0n) is 19.8. The number of benzene rings is 3. The third-order valence-electron chi connectivity index (χ3n) is 6.63. The maximum absolute atomic E-state index is 13.9. The smallest absolute Gasteiger partial charge is 0.417 e. The maximum atomic E-state index is 13.9. The Kier molecular flexibility index (Phi) is 6.80. The zero-order valence-corrected chi connectivity index (χ0v) is 19.8. The summed E-state index contributed by atoms with van der Waals surface area (Å²) in [4.78, 5) is 13.0. The highest BCUT2D eigenvalue weighted by Gasteiger charge is 2.34. The highest BCUT2D eigenvalue weighted by molar-refractivity contribution is 5.72. The Morgan fingerprint density at radius 1 is 0.946 bits per heavy atom. The summed E-state index contributed by atoms with van der Waals surface area (Å²) in [6.07, 6.45) is -3.47. The molecule has 1 saturated heterocycles. The molecule has 0 saturated carbocycles. The van der Waals surface area contributed by atoms with Gasteiger partial charge in [-0.25, -0.2) is 0 Å². The summed E-state index contributed by atoms with van der Waals surface area (Å²) < 4.78 is 47.4. The van der Waals surface area contributed by atoms with Crippen LogP contribution in [0.1, 0.15) is 29.9 Å². The number of hydrogen-bond donors (Lipinski definition) is 1. The molecule has 6 nitrogen and oxygen atoms in total. The Labute approximate surface area is 211 Å². The monoisotopic (exact) mass is 507 g/mol. The second-order valence-electron chi connectivity index (χ2n) is 9.09. The van der Waals surface area contributed by atoms with Crippen LogP contribution in [0.4, 0.5) is 13.2 Å². The molecule has 1 aliphatic rings. The first-order chi connectivity index (χ1) is 17.8. The number of aliphatic carboxylic acids is 1. The summed E-state index contributed by atoms with van der Waals surface area (Å²) >= 11 is 0. The molecule has 5 rings (SSSR count). The molecule has 0 aliphatic carbocycles. The molecule has 1 fully saturated rings. The van der Waals surface area contributed by atoms with Gasteiger partial charge in [0.1, 0.15) is 0 Å². The van der Waals surface area contributed by atoms with Crippen molar-refractivity contribution in [1.82, 2.24) is 15.1 Å². The lowest BCUT2D eigenvalue weighted by atomic mass is 9.97. The average molecular weight is 508 g/mol. The summed E-state index contributed by atoms with van der Waals surface area (Å²) in [6, 6.07) is 20.1. The number of rotatable bonds is 7. The summed E-state index contributed by atoms with van der Waals surface area (Å²) in [5, 5.41) is 16.9. The number of hydrogen-bond acceptors (Lipinski definition) is 5. The number of alkyl halides is 3. The van der Waals surface area contributed by atoms with Crippen LogP contribution in [0, 0.1) is 0 Å². The number of likely N-dealkylation sites (tertiary alicyclic amines) is 1. The topological polar surface area (TPSA) is 79.5 Å². The maximum Gasteiger partial charge on any atom is 0.417 e. The van der Waals surface area contributed by atoms with Crippen LogP contribution in [-0.4, -0.2) is 45.8 Å².